The number of methoxy groups -OCH3 is 1. The van der Waals surface area contributed by atoms with E-state index in [1.54, 1.807) is 23.7 Å². The van der Waals surface area contributed by atoms with Gasteiger partial charge in [-0.3, -0.25) is 4.79 Å². The van der Waals surface area contributed by atoms with Gasteiger partial charge in [-0.2, -0.15) is 0 Å². The van der Waals surface area contributed by atoms with Crippen molar-refractivity contribution >= 4 is 16.9 Å². The van der Waals surface area contributed by atoms with Crippen molar-refractivity contribution in [2.24, 2.45) is 7.05 Å². The maximum absolute atomic E-state index is 12.3. The third-order valence-corrected chi connectivity index (χ3v) is 3.09. The quantitative estimate of drug-likeness (QED) is 0.718. The van der Waals surface area contributed by atoms with Gasteiger partial charge in [0.25, 0.3) is 0 Å². The van der Waals surface area contributed by atoms with Gasteiger partial charge in [0.2, 0.25) is 12.2 Å². The molecule has 19 heavy (non-hydrogen) atoms. The van der Waals surface area contributed by atoms with Crippen LogP contribution in [0.25, 0.3) is 10.9 Å². The van der Waals surface area contributed by atoms with E-state index in [-0.39, 0.29) is 17.8 Å². The van der Waals surface area contributed by atoms with Gasteiger partial charge in [0.1, 0.15) is 5.56 Å². The number of hydrogen-bond acceptors (Lipinski definition) is 5. The molecule has 0 fully saturated rings. The molecule has 3 rings (SSSR count). The second-order valence-corrected chi connectivity index (χ2v) is 4.20. The van der Waals surface area contributed by atoms with Crippen molar-refractivity contribution < 1.29 is 19.0 Å². The zero-order chi connectivity index (χ0) is 13.6. The number of ether oxygens (including phenoxy) is 3. The summed E-state index contributed by atoms with van der Waals surface area (Å²) in [4.78, 5) is 23.8. The van der Waals surface area contributed by atoms with Crippen LogP contribution in [0.2, 0.25) is 0 Å². The minimum Gasteiger partial charge on any atom is -0.465 e. The normalized spacial score (nSPS) is 12.7. The molecule has 1 aliphatic rings. The molecule has 6 nitrogen and oxygen atoms in total. The van der Waals surface area contributed by atoms with Gasteiger partial charge >= 0.3 is 5.97 Å². The summed E-state index contributed by atoms with van der Waals surface area (Å²) in [6.07, 6.45) is 1.46. The summed E-state index contributed by atoms with van der Waals surface area (Å²) in [6, 6.07) is 3.31. The Balaban J connectivity index is 2.36. The van der Waals surface area contributed by atoms with Gasteiger partial charge in [-0.1, -0.05) is 0 Å². The predicted molar refractivity (Wildman–Crippen MR) is 66.7 cm³/mol. The molecule has 0 spiro atoms. The molecule has 0 saturated heterocycles. The van der Waals surface area contributed by atoms with Crippen molar-refractivity contribution in [3.63, 3.8) is 0 Å². The third-order valence-electron chi connectivity index (χ3n) is 3.09. The van der Waals surface area contributed by atoms with E-state index in [1.807, 2.05) is 0 Å². The fourth-order valence-corrected chi connectivity index (χ4v) is 2.13. The van der Waals surface area contributed by atoms with Crippen LogP contribution >= 0.6 is 0 Å². The fraction of sp³-hybridized carbons (Fsp3) is 0.231. The van der Waals surface area contributed by atoms with Gasteiger partial charge in [0.15, 0.2) is 11.5 Å². The number of hydrogen-bond donors (Lipinski definition) is 0. The Labute approximate surface area is 108 Å². The number of pyridine rings is 1. The van der Waals surface area contributed by atoms with Crippen molar-refractivity contribution in [1.29, 1.82) is 0 Å². The highest BCUT2D eigenvalue weighted by molar-refractivity contribution is 5.94. The zero-order valence-electron chi connectivity index (χ0n) is 10.4. The Morgan fingerprint density at radius 3 is 2.68 bits per heavy atom. The zero-order valence-corrected chi connectivity index (χ0v) is 10.4. The number of carbonyl (C=O) groups excluding carboxylic acids is 1. The molecule has 2 aromatic rings. The standard InChI is InChI=1S/C13H11NO5/c1-14-5-8(13(16)17-2)12(15)7-3-10-11(4-9(7)14)19-6-18-10/h3-5H,6H2,1-2H3. The average Bonchev–Trinajstić information content (AvgIpc) is 2.87. The number of aromatic nitrogens is 1. The van der Waals surface area contributed by atoms with Crippen molar-refractivity contribution in [2.45, 2.75) is 0 Å². The summed E-state index contributed by atoms with van der Waals surface area (Å²) < 4.78 is 16.8. The lowest BCUT2D eigenvalue weighted by molar-refractivity contribution is 0.0598. The SMILES string of the molecule is COC(=O)c1cn(C)c2cc3c(cc2c1=O)OCO3. The first-order chi connectivity index (χ1) is 9.11. The molecule has 0 N–H and O–H groups in total. The van der Waals surface area contributed by atoms with E-state index in [9.17, 15) is 9.59 Å². The monoisotopic (exact) mass is 261 g/mol. The maximum atomic E-state index is 12.3. The van der Waals surface area contributed by atoms with Crippen molar-refractivity contribution in [2.75, 3.05) is 13.9 Å². The lowest BCUT2D eigenvalue weighted by Gasteiger charge is -2.08. The molecule has 1 aliphatic heterocycles. The second kappa shape index (κ2) is 4.01. The van der Waals surface area contributed by atoms with Gasteiger partial charge in [-0.15, -0.1) is 0 Å². The van der Waals surface area contributed by atoms with Gasteiger partial charge in [0, 0.05) is 19.3 Å². The van der Waals surface area contributed by atoms with E-state index < -0.39 is 5.97 Å². The molecule has 0 amide bonds. The number of fused-ring (bicyclic) bond motifs is 2. The van der Waals surface area contributed by atoms with Crippen LogP contribution in [0.1, 0.15) is 10.4 Å². The Morgan fingerprint density at radius 2 is 2.00 bits per heavy atom. The number of aryl methyl sites for hydroxylation is 1. The molecule has 0 atom stereocenters. The first kappa shape index (κ1) is 11.6. The first-order valence-corrected chi connectivity index (χ1v) is 5.63. The molecule has 98 valence electrons. The van der Waals surface area contributed by atoms with Crippen LogP contribution in [0, 0.1) is 0 Å². The summed E-state index contributed by atoms with van der Waals surface area (Å²) in [5.41, 5.74) is 0.288. The van der Waals surface area contributed by atoms with E-state index in [2.05, 4.69) is 4.74 Å². The van der Waals surface area contributed by atoms with Gasteiger partial charge in [-0.05, 0) is 6.07 Å². The molecule has 1 aromatic carbocycles. The van der Waals surface area contributed by atoms with Crippen molar-refractivity contribution in [3.05, 3.63) is 34.1 Å². The Bertz CT molecular complexity index is 747. The predicted octanol–water partition coefficient (Wildman–Crippen LogP) is 1.05. The van der Waals surface area contributed by atoms with Crippen LogP contribution in [0.15, 0.2) is 23.1 Å². The van der Waals surface area contributed by atoms with E-state index in [1.165, 1.54) is 13.3 Å². The summed E-state index contributed by atoms with van der Waals surface area (Å²) in [6.45, 7) is 0.132. The number of rotatable bonds is 1. The molecular weight excluding hydrogens is 250 g/mol. The van der Waals surface area contributed by atoms with Gasteiger partial charge in [0.05, 0.1) is 18.0 Å². The van der Waals surface area contributed by atoms with Gasteiger partial charge in [-0.25, -0.2) is 4.79 Å². The third kappa shape index (κ3) is 1.64. The summed E-state index contributed by atoms with van der Waals surface area (Å²) in [7, 11) is 2.99. The largest absolute Gasteiger partial charge is 0.465 e. The average molecular weight is 261 g/mol. The molecule has 2 heterocycles. The van der Waals surface area contributed by atoms with E-state index in [0.29, 0.717) is 22.4 Å². The summed E-state index contributed by atoms with van der Waals surface area (Å²) >= 11 is 0. The van der Waals surface area contributed by atoms with E-state index >= 15 is 0 Å². The van der Waals surface area contributed by atoms with E-state index in [4.69, 9.17) is 9.47 Å². The lowest BCUT2D eigenvalue weighted by Crippen LogP contribution is -2.19. The van der Waals surface area contributed by atoms with Crippen molar-refractivity contribution in [1.82, 2.24) is 4.57 Å². The molecular formula is C13H11NO5. The topological polar surface area (TPSA) is 66.8 Å². The molecule has 0 radical (unpaired) electrons. The number of esters is 1. The van der Waals surface area contributed by atoms with Crippen LogP contribution in [0.3, 0.4) is 0 Å². The summed E-state index contributed by atoms with van der Waals surface area (Å²) in [5, 5.41) is 0.398. The minimum atomic E-state index is -0.653. The van der Waals surface area contributed by atoms with Crippen LogP contribution in [-0.2, 0) is 11.8 Å². The number of benzene rings is 1. The van der Waals surface area contributed by atoms with Crippen LogP contribution in [0.4, 0.5) is 0 Å². The molecule has 0 saturated carbocycles. The molecule has 6 heteroatoms. The number of nitrogens with zero attached hydrogens (tertiary/aromatic N) is 1. The second-order valence-electron chi connectivity index (χ2n) is 4.20. The Hall–Kier alpha value is -2.50. The van der Waals surface area contributed by atoms with Crippen LogP contribution in [0.5, 0.6) is 11.5 Å². The van der Waals surface area contributed by atoms with Crippen LogP contribution < -0.4 is 14.9 Å². The highest BCUT2D eigenvalue weighted by Gasteiger charge is 2.20. The molecule has 0 aliphatic carbocycles. The highest BCUT2D eigenvalue weighted by Crippen LogP contribution is 2.34. The fourth-order valence-electron chi connectivity index (χ4n) is 2.13. The smallest absolute Gasteiger partial charge is 0.343 e. The Kier molecular flexibility index (Phi) is 2.45. The summed E-state index contributed by atoms with van der Waals surface area (Å²) in [5.74, 6) is 0.445. The lowest BCUT2D eigenvalue weighted by atomic mass is 10.1. The minimum absolute atomic E-state index is 0.00337. The van der Waals surface area contributed by atoms with Gasteiger partial charge < -0.3 is 18.8 Å². The molecule has 1 aromatic heterocycles. The van der Waals surface area contributed by atoms with E-state index in [0.717, 1.165) is 0 Å². The highest BCUT2D eigenvalue weighted by atomic mass is 16.7. The Morgan fingerprint density at radius 1 is 1.32 bits per heavy atom. The maximum Gasteiger partial charge on any atom is 0.343 e. The number of carbonyl (C=O) groups is 1. The first-order valence-electron chi connectivity index (χ1n) is 5.63. The molecule has 0 bridgehead atoms. The van der Waals surface area contributed by atoms with Crippen LogP contribution in [-0.4, -0.2) is 24.4 Å². The van der Waals surface area contributed by atoms with Crippen molar-refractivity contribution in [3.8, 4) is 11.5 Å². The molecule has 0 unspecified atom stereocenters.